The molecule has 1 N–H and O–H groups in total. The number of nitrogens with zero attached hydrogens (tertiary/aromatic N) is 2. The molecule has 0 spiro atoms. The van der Waals surface area contributed by atoms with Gasteiger partial charge in [0.2, 0.25) is 5.89 Å². The maximum atomic E-state index is 13.0. The number of aliphatic carboxylic acids is 1. The standard InChI is InChI=1S/C10H6F2N2O3S/c11-6-1-5(2-7(12)3-6)9-13-14-10(17-9)18-4-8(15)16/h1-3H,4H2,(H,15,16). The Hall–Kier alpha value is -1.96. The predicted octanol–water partition coefficient (Wildman–Crippen LogP) is 2.19. The van der Waals surface area contributed by atoms with Crippen molar-refractivity contribution >= 4 is 17.7 Å². The van der Waals surface area contributed by atoms with Crippen LogP contribution in [0.2, 0.25) is 0 Å². The van der Waals surface area contributed by atoms with Crippen molar-refractivity contribution in [3.63, 3.8) is 0 Å². The molecule has 0 amide bonds. The summed E-state index contributed by atoms with van der Waals surface area (Å²) in [5, 5.41) is 15.6. The number of benzene rings is 1. The lowest BCUT2D eigenvalue weighted by molar-refractivity contribution is -0.133. The molecule has 2 rings (SSSR count). The molecule has 1 aromatic carbocycles. The highest BCUT2D eigenvalue weighted by Crippen LogP contribution is 2.24. The Bertz CT molecular complexity index is 568. The van der Waals surface area contributed by atoms with Crippen molar-refractivity contribution in [2.75, 3.05) is 5.75 Å². The van der Waals surface area contributed by atoms with Gasteiger partial charge in [-0.25, -0.2) is 8.78 Å². The number of aromatic nitrogens is 2. The summed E-state index contributed by atoms with van der Waals surface area (Å²) in [6, 6.07) is 2.81. The zero-order chi connectivity index (χ0) is 13.1. The predicted molar refractivity (Wildman–Crippen MR) is 58.0 cm³/mol. The van der Waals surface area contributed by atoms with Crippen molar-refractivity contribution < 1.29 is 23.1 Å². The molecule has 8 heteroatoms. The van der Waals surface area contributed by atoms with Gasteiger partial charge in [0.05, 0.1) is 0 Å². The molecule has 0 unspecified atom stereocenters. The van der Waals surface area contributed by atoms with E-state index in [9.17, 15) is 13.6 Å². The number of hydrogen-bond acceptors (Lipinski definition) is 5. The number of halogens is 2. The molecule has 0 fully saturated rings. The number of carboxylic acids is 1. The highest BCUT2D eigenvalue weighted by Gasteiger charge is 2.12. The van der Waals surface area contributed by atoms with Crippen molar-refractivity contribution in [1.82, 2.24) is 10.2 Å². The van der Waals surface area contributed by atoms with E-state index < -0.39 is 17.6 Å². The highest BCUT2D eigenvalue weighted by atomic mass is 32.2. The average Bonchev–Trinajstić information content (AvgIpc) is 2.73. The zero-order valence-electron chi connectivity index (χ0n) is 8.76. The van der Waals surface area contributed by atoms with Crippen LogP contribution < -0.4 is 0 Å². The summed E-state index contributed by atoms with van der Waals surface area (Å²) in [6.45, 7) is 0. The third kappa shape index (κ3) is 3.04. The number of hydrogen-bond donors (Lipinski definition) is 1. The first-order valence-corrected chi connectivity index (χ1v) is 5.68. The van der Waals surface area contributed by atoms with Crippen LogP contribution in [-0.2, 0) is 4.79 Å². The number of carbonyl (C=O) groups is 1. The molecule has 0 aliphatic rings. The van der Waals surface area contributed by atoms with E-state index in [1.807, 2.05) is 0 Å². The monoisotopic (exact) mass is 272 g/mol. The van der Waals surface area contributed by atoms with Gasteiger partial charge in [0.1, 0.15) is 17.4 Å². The van der Waals surface area contributed by atoms with E-state index >= 15 is 0 Å². The largest absolute Gasteiger partial charge is 0.481 e. The van der Waals surface area contributed by atoms with Gasteiger partial charge in [-0.1, -0.05) is 11.8 Å². The van der Waals surface area contributed by atoms with Gasteiger partial charge in [-0.3, -0.25) is 4.79 Å². The fourth-order valence-corrected chi connectivity index (χ4v) is 1.67. The molecule has 0 atom stereocenters. The van der Waals surface area contributed by atoms with Crippen LogP contribution in [0, 0.1) is 11.6 Å². The zero-order valence-corrected chi connectivity index (χ0v) is 9.58. The Morgan fingerprint density at radius 1 is 1.28 bits per heavy atom. The van der Waals surface area contributed by atoms with Gasteiger partial charge < -0.3 is 9.52 Å². The molecule has 0 saturated carbocycles. The summed E-state index contributed by atoms with van der Waals surface area (Å²) < 4.78 is 31.0. The van der Waals surface area contributed by atoms with Gasteiger partial charge in [0.25, 0.3) is 5.22 Å². The van der Waals surface area contributed by atoms with Crippen molar-refractivity contribution in [2.24, 2.45) is 0 Å². The maximum absolute atomic E-state index is 13.0. The Labute approximate surface area is 104 Å². The Morgan fingerprint density at radius 3 is 2.56 bits per heavy atom. The summed E-state index contributed by atoms with van der Waals surface area (Å²) in [7, 11) is 0. The molecule has 0 aliphatic carbocycles. The molecule has 1 aromatic heterocycles. The second kappa shape index (κ2) is 5.13. The van der Waals surface area contributed by atoms with Crippen molar-refractivity contribution in [3.05, 3.63) is 29.8 Å². The fourth-order valence-electron chi connectivity index (χ4n) is 1.19. The normalized spacial score (nSPS) is 10.6. The molecular formula is C10H6F2N2O3S. The third-order valence-corrected chi connectivity index (χ3v) is 2.64. The second-order valence-electron chi connectivity index (χ2n) is 3.21. The van der Waals surface area contributed by atoms with Crippen LogP contribution in [0.3, 0.4) is 0 Å². The van der Waals surface area contributed by atoms with Gasteiger partial charge in [-0.05, 0) is 12.1 Å². The van der Waals surface area contributed by atoms with Crippen LogP contribution in [0.4, 0.5) is 8.78 Å². The Balaban J connectivity index is 2.21. The lowest BCUT2D eigenvalue weighted by Crippen LogP contribution is -1.97. The van der Waals surface area contributed by atoms with Crippen molar-refractivity contribution in [2.45, 2.75) is 5.22 Å². The molecule has 1 heterocycles. The topological polar surface area (TPSA) is 76.2 Å². The highest BCUT2D eigenvalue weighted by molar-refractivity contribution is 7.99. The van der Waals surface area contributed by atoms with Crippen molar-refractivity contribution in [1.29, 1.82) is 0 Å². The van der Waals surface area contributed by atoms with Gasteiger partial charge in [0, 0.05) is 11.6 Å². The first-order valence-electron chi connectivity index (χ1n) is 4.69. The minimum Gasteiger partial charge on any atom is -0.481 e. The van der Waals surface area contributed by atoms with E-state index in [-0.39, 0.29) is 22.4 Å². The summed E-state index contributed by atoms with van der Waals surface area (Å²) >= 11 is 0.825. The van der Waals surface area contributed by atoms with E-state index in [0.29, 0.717) is 0 Å². The summed E-state index contributed by atoms with van der Waals surface area (Å²) in [6.07, 6.45) is 0. The molecule has 0 bridgehead atoms. The van der Waals surface area contributed by atoms with Crippen molar-refractivity contribution in [3.8, 4) is 11.5 Å². The van der Waals surface area contributed by atoms with Gasteiger partial charge in [-0.15, -0.1) is 10.2 Å². The lowest BCUT2D eigenvalue weighted by Gasteiger charge is -1.95. The number of carboxylic acid groups (broad SMARTS) is 1. The second-order valence-corrected chi connectivity index (χ2v) is 4.14. The minimum atomic E-state index is -1.03. The number of rotatable bonds is 4. The Kier molecular flexibility index (Phi) is 3.56. The first-order chi connectivity index (χ1) is 8.54. The van der Waals surface area contributed by atoms with Gasteiger partial charge in [-0.2, -0.15) is 0 Å². The van der Waals surface area contributed by atoms with E-state index in [1.165, 1.54) is 0 Å². The molecular weight excluding hydrogens is 266 g/mol. The maximum Gasteiger partial charge on any atom is 0.314 e. The van der Waals surface area contributed by atoms with E-state index in [0.717, 1.165) is 30.0 Å². The van der Waals surface area contributed by atoms with Crippen LogP contribution >= 0.6 is 11.8 Å². The fraction of sp³-hybridized carbons (Fsp3) is 0.100. The lowest BCUT2D eigenvalue weighted by atomic mass is 10.2. The average molecular weight is 272 g/mol. The smallest absolute Gasteiger partial charge is 0.314 e. The van der Waals surface area contributed by atoms with Crippen LogP contribution in [-0.4, -0.2) is 27.0 Å². The quantitative estimate of drug-likeness (QED) is 0.860. The molecule has 0 aliphatic heterocycles. The molecule has 2 aromatic rings. The third-order valence-electron chi connectivity index (χ3n) is 1.84. The SMILES string of the molecule is O=C(O)CSc1nnc(-c2cc(F)cc(F)c2)o1. The summed E-state index contributed by atoms with van der Waals surface area (Å²) in [4.78, 5) is 10.3. The molecule has 0 radical (unpaired) electrons. The van der Waals surface area contributed by atoms with E-state index in [1.54, 1.807) is 0 Å². The van der Waals surface area contributed by atoms with Crippen LogP contribution in [0.1, 0.15) is 0 Å². The van der Waals surface area contributed by atoms with Gasteiger partial charge in [0.15, 0.2) is 0 Å². The number of thioether (sulfide) groups is 1. The van der Waals surface area contributed by atoms with Gasteiger partial charge >= 0.3 is 5.97 Å². The summed E-state index contributed by atoms with van der Waals surface area (Å²) in [5.41, 5.74) is 0.0992. The molecule has 0 saturated heterocycles. The molecule has 18 heavy (non-hydrogen) atoms. The van der Waals surface area contributed by atoms with Crippen LogP contribution in [0.15, 0.2) is 27.8 Å². The Morgan fingerprint density at radius 2 is 1.94 bits per heavy atom. The molecule has 5 nitrogen and oxygen atoms in total. The van der Waals surface area contributed by atoms with Crippen LogP contribution in [0.25, 0.3) is 11.5 Å². The first kappa shape index (κ1) is 12.5. The van der Waals surface area contributed by atoms with E-state index in [2.05, 4.69) is 10.2 Å². The summed E-state index contributed by atoms with van der Waals surface area (Å²) in [5.74, 6) is -2.86. The minimum absolute atomic E-state index is 0.0251. The molecule has 94 valence electrons. The van der Waals surface area contributed by atoms with Crippen LogP contribution in [0.5, 0.6) is 0 Å². The van der Waals surface area contributed by atoms with E-state index in [4.69, 9.17) is 9.52 Å².